The summed E-state index contributed by atoms with van der Waals surface area (Å²) in [5.74, 6) is 0.983. The first kappa shape index (κ1) is 13.6. The summed E-state index contributed by atoms with van der Waals surface area (Å²) in [4.78, 5) is 4.01. The third-order valence-corrected chi connectivity index (χ3v) is 3.34. The Labute approximate surface area is 113 Å². The lowest BCUT2D eigenvalue weighted by Gasteiger charge is -2.16. The largest absolute Gasteiger partial charge is 0.496 e. The lowest BCUT2D eigenvalue weighted by molar-refractivity contribution is 0.264. The molecule has 0 aliphatic carbocycles. The van der Waals surface area contributed by atoms with Gasteiger partial charge in [0.15, 0.2) is 0 Å². The Morgan fingerprint density at radius 3 is 2.53 bits per heavy atom. The third kappa shape index (κ3) is 3.32. The molecule has 1 N–H and O–H groups in total. The van der Waals surface area contributed by atoms with E-state index in [1.807, 2.05) is 31.2 Å². The van der Waals surface area contributed by atoms with E-state index < -0.39 is 0 Å². The minimum absolute atomic E-state index is 0.104. The van der Waals surface area contributed by atoms with Crippen molar-refractivity contribution in [3.8, 4) is 5.75 Å². The maximum Gasteiger partial charge on any atom is 0.121 e. The molecule has 2 aromatic rings. The molecule has 0 radical (unpaired) electrons. The second kappa shape index (κ2) is 6.34. The third-order valence-electron chi connectivity index (χ3n) is 3.34. The summed E-state index contributed by atoms with van der Waals surface area (Å²) in [5, 5.41) is 9.61. The van der Waals surface area contributed by atoms with Crippen LogP contribution >= 0.6 is 0 Å². The molecule has 3 nitrogen and oxygen atoms in total. The van der Waals surface area contributed by atoms with Gasteiger partial charge in [0.1, 0.15) is 5.75 Å². The van der Waals surface area contributed by atoms with E-state index in [1.165, 1.54) is 5.56 Å². The normalized spacial score (nSPS) is 12.2. The van der Waals surface area contributed by atoms with E-state index in [0.717, 1.165) is 23.3 Å². The first-order chi connectivity index (χ1) is 9.24. The van der Waals surface area contributed by atoms with Gasteiger partial charge in [-0.3, -0.25) is 4.98 Å². The van der Waals surface area contributed by atoms with Crippen LogP contribution in [0.15, 0.2) is 42.7 Å². The second-order valence-corrected chi connectivity index (χ2v) is 4.67. The molecular weight excluding hydrogens is 238 g/mol. The molecule has 0 saturated heterocycles. The summed E-state index contributed by atoms with van der Waals surface area (Å²) >= 11 is 0. The molecule has 1 heterocycles. The van der Waals surface area contributed by atoms with Crippen LogP contribution < -0.4 is 4.74 Å². The summed E-state index contributed by atoms with van der Waals surface area (Å²) in [6, 6.07) is 10.0. The number of aryl methyl sites for hydroxylation is 1. The molecular formula is C16H19NO2. The van der Waals surface area contributed by atoms with Gasteiger partial charge in [-0.25, -0.2) is 0 Å². The number of benzene rings is 1. The van der Waals surface area contributed by atoms with Crippen LogP contribution in [-0.4, -0.2) is 23.8 Å². The van der Waals surface area contributed by atoms with Gasteiger partial charge >= 0.3 is 0 Å². The Morgan fingerprint density at radius 1 is 1.21 bits per heavy atom. The van der Waals surface area contributed by atoms with Crippen molar-refractivity contribution in [1.82, 2.24) is 4.98 Å². The fourth-order valence-electron chi connectivity index (χ4n) is 2.25. The van der Waals surface area contributed by atoms with E-state index in [-0.39, 0.29) is 12.5 Å². The quantitative estimate of drug-likeness (QED) is 0.895. The van der Waals surface area contributed by atoms with Crippen LogP contribution in [0.5, 0.6) is 5.75 Å². The molecule has 1 atom stereocenters. The molecule has 19 heavy (non-hydrogen) atoms. The number of rotatable bonds is 5. The van der Waals surface area contributed by atoms with Gasteiger partial charge < -0.3 is 9.84 Å². The zero-order valence-corrected chi connectivity index (χ0v) is 11.3. The Bertz CT molecular complexity index is 526. The molecule has 3 heteroatoms. The molecule has 100 valence electrons. The Kier molecular flexibility index (Phi) is 4.53. The van der Waals surface area contributed by atoms with E-state index in [0.29, 0.717) is 0 Å². The highest BCUT2D eigenvalue weighted by Gasteiger charge is 2.12. The first-order valence-electron chi connectivity index (χ1n) is 6.39. The molecule has 1 aromatic carbocycles. The number of hydrogen-bond acceptors (Lipinski definition) is 3. The van der Waals surface area contributed by atoms with Crippen LogP contribution in [0.2, 0.25) is 0 Å². The van der Waals surface area contributed by atoms with Crippen molar-refractivity contribution in [1.29, 1.82) is 0 Å². The van der Waals surface area contributed by atoms with E-state index in [4.69, 9.17) is 4.74 Å². The first-order valence-corrected chi connectivity index (χ1v) is 6.39. The van der Waals surface area contributed by atoms with Crippen LogP contribution in [0.4, 0.5) is 0 Å². The van der Waals surface area contributed by atoms with Crippen molar-refractivity contribution in [3.63, 3.8) is 0 Å². The van der Waals surface area contributed by atoms with Crippen molar-refractivity contribution in [2.75, 3.05) is 13.7 Å². The fourth-order valence-corrected chi connectivity index (χ4v) is 2.25. The van der Waals surface area contributed by atoms with Gasteiger partial charge in [-0.05, 0) is 48.2 Å². The topological polar surface area (TPSA) is 42.4 Å². The summed E-state index contributed by atoms with van der Waals surface area (Å²) in [6.07, 6.45) is 4.37. The highest BCUT2D eigenvalue weighted by atomic mass is 16.5. The van der Waals surface area contributed by atoms with Crippen LogP contribution in [-0.2, 0) is 6.42 Å². The minimum Gasteiger partial charge on any atom is -0.496 e. The number of aromatic nitrogens is 1. The van der Waals surface area contributed by atoms with Gasteiger partial charge in [0.05, 0.1) is 13.7 Å². The lowest BCUT2D eigenvalue weighted by atomic mass is 9.92. The number of aliphatic hydroxyl groups is 1. The number of aliphatic hydroxyl groups excluding tert-OH is 1. The average Bonchev–Trinajstić information content (AvgIpc) is 2.46. The molecule has 0 fully saturated rings. The highest BCUT2D eigenvalue weighted by Crippen LogP contribution is 2.25. The number of ether oxygens (including phenoxy) is 1. The van der Waals surface area contributed by atoms with Crippen molar-refractivity contribution in [3.05, 3.63) is 59.4 Å². The monoisotopic (exact) mass is 257 g/mol. The van der Waals surface area contributed by atoms with Crippen LogP contribution in [0.25, 0.3) is 0 Å². The highest BCUT2D eigenvalue weighted by molar-refractivity contribution is 5.38. The van der Waals surface area contributed by atoms with Crippen molar-refractivity contribution in [2.24, 2.45) is 0 Å². The number of hydrogen-bond donors (Lipinski definition) is 1. The van der Waals surface area contributed by atoms with Crippen molar-refractivity contribution < 1.29 is 9.84 Å². The van der Waals surface area contributed by atoms with Gasteiger partial charge in [-0.1, -0.05) is 12.1 Å². The molecule has 0 aliphatic heterocycles. The summed E-state index contributed by atoms with van der Waals surface area (Å²) < 4.78 is 5.26. The Balaban J connectivity index is 2.20. The number of pyridine rings is 1. The summed E-state index contributed by atoms with van der Waals surface area (Å²) in [5.41, 5.74) is 3.41. The molecule has 0 spiro atoms. The van der Waals surface area contributed by atoms with Gasteiger partial charge in [0.2, 0.25) is 0 Å². The molecule has 1 unspecified atom stereocenters. The fraction of sp³-hybridized carbons (Fsp3) is 0.312. The maximum absolute atomic E-state index is 9.61. The Morgan fingerprint density at radius 2 is 1.95 bits per heavy atom. The number of nitrogens with zero attached hydrogens (tertiary/aromatic N) is 1. The van der Waals surface area contributed by atoms with Crippen LogP contribution in [0, 0.1) is 6.92 Å². The van der Waals surface area contributed by atoms with Crippen LogP contribution in [0.3, 0.4) is 0 Å². The van der Waals surface area contributed by atoms with E-state index >= 15 is 0 Å². The predicted molar refractivity (Wildman–Crippen MR) is 75.5 cm³/mol. The van der Waals surface area contributed by atoms with Gasteiger partial charge in [0, 0.05) is 18.3 Å². The maximum atomic E-state index is 9.61. The second-order valence-electron chi connectivity index (χ2n) is 4.67. The molecule has 0 saturated carbocycles. The summed E-state index contributed by atoms with van der Waals surface area (Å²) in [6.45, 7) is 2.15. The van der Waals surface area contributed by atoms with Crippen molar-refractivity contribution >= 4 is 0 Å². The van der Waals surface area contributed by atoms with E-state index in [2.05, 4.69) is 11.1 Å². The standard InChI is InChI=1S/C16H19NO2/c1-12-9-14(3-4-16(12)19-2)15(11-18)10-13-5-7-17-8-6-13/h3-9,15,18H,10-11H2,1-2H3. The van der Waals surface area contributed by atoms with Crippen molar-refractivity contribution in [2.45, 2.75) is 19.3 Å². The minimum atomic E-state index is 0.104. The SMILES string of the molecule is COc1ccc(C(CO)Cc2ccncc2)cc1C. The molecule has 1 aromatic heterocycles. The molecule has 0 bridgehead atoms. The van der Waals surface area contributed by atoms with Gasteiger partial charge in [-0.2, -0.15) is 0 Å². The van der Waals surface area contributed by atoms with Crippen LogP contribution in [0.1, 0.15) is 22.6 Å². The molecule has 0 amide bonds. The van der Waals surface area contributed by atoms with Gasteiger partial charge in [0.25, 0.3) is 0 Å². The van der Waals surface area contributed by atoms with E-state index in [9.17, 15) is 5.11 Å². The predicted octanol–water partition coefficient (Wildman–Crippen LogP) is 2.72. The zero-order valence-electron chi connectivity index (χ0n) is 11.3. The van der Waals surface area contributed by atoms with Gasteiger partial charge in [-0.15, -0.1) is 0 Å². The van der Waals surface area contributed by atoms with E-state index in [1.54, 1.807) is 19.5 Å². The summed E-state index contributed by atoms with van der Waals surface area (Å²) in [7, 11) is 1.67. The smallest absolute Gasteiger partial charge is 0.121 e. The Hall–Kier alpha value is -1.87. The zero-order chi connectivity index (χ0) is 13.7. The average molecular weight is 257 g/mol. The molecule has 2 rings (SSSR count). The molecule has 0 aliphatic rings. The number of methoxy groups -OCH3 is 1. The lowest BCUT2D eigenvalue weighted by Crippen LogP contribution is -2.08.